The van der Waals surface area contributed by atoms with Gasteiger partial charge in [0.15, 0.2) is 0 Å². The number of aromatic nitrogens is 1. The Morgan fingerprint density at radius 1 is 1.26 bits per heavy atom. The van der Waals surface area contributed by atoms with E-state index in [1.165, 1.54) is 18.2 Å². The number of pyridine rings is 1. The van der Waals surface area contributed by atoms with Crippen LogP contribution in [0.15, 0.2) is 41.6 Å². The highest BCUT2D eigenvalue weighted by Crippen LogP contribution is 2.26. The summed E-state index contributed by atoms with van der Waals surface area (Å²) < 4.78 is 39.2. The fraction of sp³-hybridized carbons (Fsp3) is 0. The number of nitrogen functional groups attached to an aromatic ring is 1. The zero-order valence-corrected chi connectivity index (χ0v) is 11.0. The molecule has 0 unspecified atom stereocenters. The number of nitrogens with one attached hydrogen (secondary N) is 1. The lowest BCUT2D eigenvalue weighted by atomic mass is 10.3. The molecule has 0 aliphatic heterocycles. The van der Waals surface area contributed by atoms with Gasteiger partial charge in [0, 0.05) is 11.9 Å². The number of nitrogens with two attached hydrogens (primary N) is 1. The number of benzene rings is 1. The van der Waals surface area contributed by atoms with Crippen LogP contribution in [0.25, 0.3) is 0 Å². The van der Waals surface area contributed by atoms with Crippen molar-refractivity contribution in [2.24, 2.45) is 0 Å². The second-order valence-electron chi connectivity index (χ2n) is 3.68. The van der Waals surface area contributed by atoms with Crippen molar-refractivity contribution in [2.75, 3.05) is 10.5 Å². The molecule has 0 aliphatic rings. The standard InChI is InChI=1S/C11H9ClFN3O2S/c12-10-2-1-8(14)4-11(10)16-19(17,18)9-3-7(13)5-15-6-9/h1-6,16H,14H2. The summed E-state index contributed by atoms with van der Waals surface area (Å²) in [6.07, 6.45) is 1.94. The molecule has 19 heavy (non-hydrogen) atoms. The first-order valence-electron chi connectivity index (χ1n) is 5.07. The Morgan fingerprint density at radius 2 is 2.00 bits per heavy atom. The van der Waals surface area contributed by atoms with Gasteiger partial charge in [-0.25, -0.2) is 12.8 Å². The molecule has 0 atom stereocenters. The lowest BCUT2D eigenvalue weighted by molar-refractivity contribution is 0.592. The van der Waals surface area contributed by atoms with E-state index in [0.29, 0.717) is 5.69 Å². The number of anilines is 2. The Morgan fingerprint density at radius 3 is 2.68 bits per heavy atom. The maximum Gasteiger partial charge on any atom is 0.263 e. The summed E-state index contributed by atoms with van der Waals surface area (Å²) in [7, 11) is -3.97. The summed E-state index contributed by atoms with van der Waals surface area (Å²) >= 11 is 5.85. The molecular formula is C11H9ClFN3O2S. The van der Waals surface area contributed by atoms with Gasteiger partial charge in [-0.3, -0.25) is 9.71 Å². The van der Waals surface area contributed by atoms with Crippen molar-refractivity contribution in [3.63, 3.8) is 0 Å². The smallest absolute Gasteiger partial charge is 0.263 e. The average Bonchev–Trinajstić information content (AvgIpc) is 2.33. The number of rotatable bonds is 3. The fourth-order valence-electron chi connectivity index (χ4n) is 1.36. The second-order valence-corrected chi connectivity index (χ2v) is 5.77. The first-order valence-corrected chi connectivity index (χ1v) is 6.93. The third-order valence-corrected chi connectivity index (χ3v) is 3.89. The van der Waals surface area contributed by atoms with E-state index in [9.17, 15) is 12.8 Å². The minimum absolute atomic E-state index is 0.117. The molecule has 0 fully saturated rings. The van der Waals surface area contributed by atoms with Gasteiger partial charge in [0.25, 0.3) is 10.0 Å². The zero-order valence-electron chi connectivity index (χ0n) is 9.47. The molecule has 0 saturated carbocycles. The van der Waals surface area contributed by atoms with Crippen LogP contribution < -0.4 is 10.5 Å². The zero-order chi connectivity index (χ0) is 14.0. The van der Waals surface area contributed by atoms with Crippen molar-refractivity contribution in [2.45, 2.75) is 4.90 Å². The lowest BCUT2D eigenvalue weighted by Crippen LogP contribution is -2.14. The van der Waals surface area contributed by atoms with Crippen LogP contribution >= 0.6 is 11.6 Å². The summed E-state index contributed by atoms with van der Waals surface area (Å²) in [5.41, 5.74) is 6.01. The van der Waals surface area contributed by atoms with Gasteiger partial charge < -0.3 is 5.73 Å². The summed E-state index contributed by atoms with van der Waals surface area (Å²) in [4.78, 5) is 3.18. The molecule has 0 amide bonds. The predicted octanol–water partition coefficient (Wildman–Crippen LogP) is 2.26. The molecule has 3 N–H and O–H groups in total. The van der Waals surface area contributed by atoms with Gasteiger partial charge >= 0.3 is 0 Å². The molecule has 0 aliphatic carbocycles. The SMILES string of the molecule is Nc1ccc(Cl)c(NS(=O)(=O)c2cncc(F)c2)c1. The normalized spacial score (nSPS) is 11.3. The first kappa shape index (κ1) is 13.6. The Kier molecular flexibility index (Phi) is 3.59. The van der Waals surface area contributed by atoms with E-state index < -0.39 is 15.8 Å². The Hall–Kier alpha value is -1.86. The van der Waals surface area contributed by atoms with Crippen LogP contribution in [0.5, 0.6) is 0 Å². The largest absolute Gasteiger partial charge is 0.399 e. The fourth-order valence-corrected chi connectivity index (χ4v) is 2.63. The average molecular weight is 302 g/mol. The molecule has 0 bridgehead atoms. The van der Waals surface area contributed by atoms with Gasteiger partial charge in [-0.1, -0.05) is 11.6 Å². The van der Waals surface area contributed by atoms with E-state index in [4.69, 9.17) is 17.3 Å². The van der Waals surface area contributed by atoms with Crippen LogP contribution in [0.2, 0.25) is 5.02 Å². The molecule has 100 valence electrons. The van der Waals surface area contributed by atoms with E-state index in [1.54, 1.807) is 0 Å². The van der Waals surface area contributed by atoms with Gasteiger partial charge in [0.2, 0.25) is 0 Å². The van der Waals surface area contributed by atoms with Crippen LogP contribution in [-0.4, -0.2) is 13.4 Å². The summed E-state index contributed by atoms with van der Waals surface area (Å²) in [5.74, 6) is -0.749. The molecule has 8 heteroatoms. The van der Waals surface area contributed by atoms with E-state index in [1.807, 2.05) is 0 Å². The molecule has 0 spiro atoms. The maximum atomic E-state index is 13.0. The second kappa shape index (κ2) is 5.02. The highest BCUT2D eigenvalue weighted by Gasteiger charge is 2.17. The molecule has 2 rings (SSSR count). The monoisotopic (exact) mass is 301 g/mol. The van der Waals surface area contributed by atoms with Crippen molar-refractivity contribution in [1.29, 1.82) is 0 Å². The number of sulfonamides is 1. The number of hydrogen-bond acceptors (Lipinski definition) is 4. The molecule has 5 nitrogen and oxygen atoms in total. The Labute approximate surface area is 114 Å². The minimum atomic E-state index is -3.97. The van der Waals surface area contributed by atoms with Gasteiger partial charge in [-0.2, -0.15) is 0 Å². The molecule has 0 radical (unpaired) electrons. The Bertz CT molecular complexity index is 722. The number of halogens is 2. The van der Waals surface area contributed by atoms with Crippen LogP contribution in [-0.2, 0) is 10.0 Å². The Balaban J connectivity index is 2.39. The van der Waals surface area contributed by atoms with Crippen molar-refractivity contribution >= 4 is 33.0 Å². The summed E-state index contributed by atoms with van der Waals surface area (Å²) in [5, 5.41) is 0.183. The summed E-state index contributed by atoms with van der Waals surface area (Å²) in [6, 6.07) is 5.21. The third-order valence-electron chi connectivity index (χ3n) is 2.22. The molecule has 1 heterocycles. The van der Waals surface area contributed by atoms with Crippen molar-refractivity contribution in [3.05, 3.63) is 47.5 Å². The quantitative estimate of drug-likeness (QED) is 0.852. The highest BCUT2D eigenvalue weighted by atomic mass is 35.5. The molecule has 1 aromatic heterocycles. The maximum absolute atomic E-state index is 13.0. The van der Waals surface area contributed by atoms with Crippen molar-refractivity contribution in [3.8, 4) is 0 Å². The minimum Gasteiger partial charge on any atom is -0.399 e. The van der Waals surface area contributed by atoms with Gasteiger partial charge in [0.1, 0.15) is 10.7 Å². The third kappa shape index (κ3) is 3.12. The lowest BCUT2D eigenvalue weighted by Gasteiger charge is -2.10. The molecule has 2 aromatic rings. The van der Waals surface area contributed by atoms with E-state index in [-0.39, 0.29) is 15.6 Å². The van der Waals surface area contributed by atoms with Gasteiger partial charge in [0.05, 0.1) is 16.9 Å². The summed E-state index contributed by atoms with van der Waals surface area (Å²) in [6.45, 7) is 0. The number of nitrogens with zero attached hydrogens (tertiary/aromatic N) is 1. The molecule has 0 saturated heterocycles. The van der Waals surface area contributed by atoms with Crippen molar-refractivity contribution < 1.29 is 12.8 Å². The topological polar surface area (TPSA) is 85.1 Å². The van der Waals surface area contributed by atoms with E-state index in [2.05, 4.69) is 9.71 Å². The molecule has 1 aromatic carbocycles. The van der Waals surface area contributed by atoms with Crippen LogP contribution in [0.3, 0.4) is 0 Å². The molecular weight excluding hydrogens is 293 g/mol. The van der Waals surface area contributed by atoms with Gasteiger partial charge in [-0.15, -0.1) is 0 Å². The van der Waals surface area contributed by atoms with Crippen LogP contribution in [0.4, 0.5) is 15.8 Å². The van der Waals surface area contributed by atoms with E-state index in [0.717, 1.165) is 18.5 Å². The number of hydrogen-bond donors (Lipinski definition) is 2. The van der Waals surface area contributed by atoms with Gasteiger partial charge in [-0.05, 0) is 24.3 Å². The van der Waals surface area contributed by atoms with E-state index >= 15 is 0 Å². The first-order chi connectivity index (χ1) is 8.88. The van der Waals surface area contributed by atoms with Crippen LogP contribution in [0.1, 0.15) is 0 Å². The van der Waals surface area contributed by atoms with Crippen molar-refractivity contribution in [1.82, 2.24) is 4.98 Å². The predicted molar refractivity (Wildman–Crippen MR) is 70.9 cm³/mol. The van der Waals surface area contributed by atoms with Crippen LogP contribution in [0, 0.1) is 5.82 Å². The highest BCUT2D eigenvalue weighted by molar-refractivity contribution is 7.92.